The van der Waals surface area contributed by atoms with E-state index in [1.807, 2.05) is 47.4 Å². The van der Waals surface area contributed by atoms with Crippen LogP contribution in [-0.2, 0) is 27.2 Å². The minimum Gasteiger partial charge on any atom is -0.445 e. The molecule has 0 saturated carbocycles. The zero-order valence-corrected chi connectivity index (χ0v) is 18.9. The summed E-state index contributed by atoms with van der Waals surface area (Å²) in [5.41, 5.74) is 1.23. The van der Waals surface area contributed by atoms with Gasteiger partial charge in [0.15, 0.2) is 0 Å². The number of carbonyl (C=O) groups excluding carboxylic acids is 1. The molecule has 0 unspecified atom stereocenters. The molecule has 31 heavy (non-hydrogen) atoms. The van der Waals surface area contributed by atoms with Crippen LogP contribution in [0, 0.1) is 5.92 Å². The molecule has 8 heteroatoms. The summed E-state index contributed by atoms with van der Waals surface area (Å²) in [5.74, 6) is 0.476. The summed E-state index contributed by atoms with van der Waals surface area (Å²) in [6, 6.07) is 9.76. The van der Waals surface area contributed by atoms with Crippen molar-refractivity contribution in [1.29, 1.82) is 0 Å². The molecular formula is C23H32BN3O4. The van der Waals surface area contributed by atoms with Crippen molar-refractivity contribution in [3.05, 3.63) is 48.3 Å². The van der Waals surface area contributed by atoms with Crippen LogP contribution in [0.5, 0.6) is 0 Å². The zero-order chi connectivity index (χ0) is 22.1. The highest BCUT2D eigenvalue weighted by molar-refractivity contribution is 6.61. The number of benzene rings is 1. The third-order valence-corrected chi connectivity index (χ3v) is 6.70. The standard InChI is InChI=1S/C23H32BN3O4/c1-22(2)23(3,4)31-24(30-22)20-14-25-27(16-20)15-18-10-12-26(13-11-18)21(28)29-17-19-8-6-5-7-9-19/h5-9,14,16,18H,10-13,15,17H2,1-4H3. The van der Waals surface area contributed by atoms with Gasteiger partial charge >= 0.3 is 13.2 Å². The van der Waals surface area contributed by atoms with Crippen molar-refractivity contribution in [3.8, 4) is 0 Å². The van der Waals surface area contributed by atoms with Gasteiger partial charge < -0.3 is 18.9 Å². The smallest absolute Gasteiger partial charge is 0.445 e. The number of amides is 1. The van der Waals surface area contributed by atoms with Gasteiger partial charge in [-0.25, -0.2) is 4.79 Å². The van der Waals surface area contributed by atoms with Crippen LogP contribution < -0.4 is 5.46 Å². The van der Waals surface area contributed by atoms with Crippen molar-refractivity contribution >= 4 is 18.7 Å². The zero-order valence-electron chi connectivity index (χ0n) is 18.9. The van der Waals surface area contributed by atoms with Crippen molar-refractivity contribution in [2.45, 2.75) is 64.9 Å². The number of likely N-dealkylation sites (tertiary alicyclic amines) is 1. The van der Waals surface area contributed by atoms with Gasteiger partial charge in [-0.15, -0.1) is 0 Å². The van der Waals surface area contributed by atoms with E-state index in [0.29, 0.717) is 25.6 Å². The Balaban J connectivity index is 1.24. The molecule has 7 nitrogen and oxygen atoms in total. The molecule has 166 valence electrons. The van der Waals surface area contributed by atoms with E-state index in [1.54, 1.807) is 4.90 Å². The van der Waals surface area contributed by atoms with Crippen LogP contribution in [0.3, 0.4) is 0 Å². The molecule has 2 fully saturated rings. The fraction of sp³-hybridized carbons (Fsp3) is 0.565. The maximum absolute atomic E-state index is 12.4. The number of piperidine rings is 1. The summed E-state index contributed by atoms with van der Waals surface area (Å²) in [7, 11) is -0.389. The molecule has 4 rings (SSSR count). The van der Waals surface area contributed by atoms with E-state index >= 15 is 0 Å². The molecule has 1 aromatic heterocycles. The van der Waals surface area contributed by atoms with E-state index in [0.717, 1.165) is 30.4 Å². The van der Waals surface area contributed by atoms with Gasteiger partial charge in [-0.2, -0.15) is 5.10 Å². The van der Waals surface area contributed by atoms with Crippen LogP contribution in [0.25, 0.3) is 0 Å². The van der Waals surface area contributed by atoms with Crippen molar-refractivity contribution in [3.63, 3.8) is 0 Å². The third-order valence-electron chi connectivity index (χ3n) is 6.70. The van der Waals surface area contributed by atoms with Gasteiger partial charge in [-0.3, -0.25) is 4.68 Å². The first-order chi connectivity index (χ1) is 14.7. The highest BCUT2D eigenvalue weighted by Gasteiger charge is 2.52. The number of ether oxygens (including phenoxy) is 1. The van der Waals surface area contributed by atoms with Crippen LogP contribution in [0.4, 0.5) is 4.79 Å². The Morgan fingerprint density at radius 2 is 1.77 bits per heavy atom. The summed E-state index contributed by atoms with van der Waals surface area (Å²) in [6.07, 6.45) is 5.49. The number of aromatic nitrogens is 2. The molecular weight excluding hydrogens is 393 g/mol. The van der Waals surface area contributed by atoms with Crippen LogP contribution in [-0.4, -0.2) is 52.2 Å². The van der Waals surface area contributed by atoms with Crippen molar-refractivity contribution in [2.24, 2.45) is 5.92 Å². The Bertz CT molecular complexity index is 875. The van der Waals surface area contributed by atoms with Gasteiger partial charge in [0, 0.05) is 37.5 Å². The van der Waals surface area contributed by atoms with Gasteiger partial charge in [-0.1, -0.05) is 30.3 Å². The number of nitrogens with zero attached hydrogens (tertiary/aromatic N) is 3. The van der Waals surface area contributed by atoms with Crippen molar-refractivity contribution in [1.82, 2.24) is 14.7 Å². The van der Waals surface area contributed by atoms with Gasteiger partial charge in [-0.05, 0) is 52.0 Å². The fourth-order valence-corrected chi connectivity index (χ4v) is 3.95. The highest BCUT2D eigenvalue weighted by Crippen LogP contribution is 2.36. The molecule has 3 heterocycles. The lowest BCUT2D eigenvalue weighted by molar-refractivity contribution is 0.00578. The molecule has 2 saturated heterocycles. The molecule has 1 aromatic carbocycles. The second-order valence-electron chi connectivity index (χ2n) is 9.55. The molecule has 2 aliphatic heterocycles. The molecule has 0 spiro atoms. The predicted molar refractivity (Wildman–Crippen MR) is 119 cm³/mol. The Morgan fingerprint density at radius 3 is 2.42 bits per heavy atom. The lowest BCUT2D eigenvalue weighted by Crippen LogP contribution is -2.41. The number of carbonyl (C=O) groups is 1. The molecule has 0 radical (unpaired) electrons. The van der Waals surface area contributed by atoms with E-state index < -0.39 is 0 Å². The molecule has 0 atom stereocenters. The maximum atomic E-state index is 12.4. The summed E-state index contributed by atoms with van der Waals surface area (Å²) >= 11 is 0. The Hall–Kier alpha value is -2.32. The van der Waals surface area contributed by atoms with Crippen LogP contribution in [0.1, 0.15) is 46.1 Å². The lowest BCUT2D eigenvalue weighted by Gasteiger charge is -2.32. The van der Waals surface area contributed by atoms with Crippen LogP contribution >= 0.6 is 0 Å². The Labute approximate surface area is 184 Å². The first kappa shape index (κ1) is 21.9. The average molecular weight is 425 g/mol. The maximum Gasteiger partial charge on any atom is 0.498 e. The highest BCUT2D eigenvalue weighted by atomic mass is 16.7. The van der Waals surface area contributed by atoms with Crippen molar-refractivity contribution < 1.29 is 18.8 Å². The quantitative estimate of drug-likeness (QED) is 0.689. The van der Waals surface area contributed by atoms with Gasteiger partial charge in [0.2, 0.25) is 0 Å². The largest absolute Gasteiger partial charge is 0.498 e. The minimum absolute atomic E-state index is 0.232. The van der Waals surface area contributed by atoms with Crippen LogP contribution in [0.15, 0.2) is 42.7 Å². The Morgan fingerprint density at radius 1 is 1.13 bits per heavy atom. The average Bonchev–Trinajstić information content (AvgIpc) is 3.29. The molecule has 2 aliphatic rings. The van der Waals surface area contributed by atoms with Gasteiger partial charge in [0.25, 0.3) is 0 Å². The van der Waals surface area contributed by atoms with Gasteiger partial charge in [0.1, 0.15) is 6.61 Å². The number of hydrogen-bond acceptors (Lipinski definition) is 5. The second-order valence-corrected chi connectivity index (χ2v) is 9.55. The third kappa shape index (κ3) is 4.96. The van der Waals surface area contributed by atoms with Crippen LogP contribution in [0.2, 0.25) is 0 Å². The molecule has 0 bridgehead atoms. The van der Waals surface area contributed by atoms with E-state index in [2.05, 4.69) is 32.8 Å². The number of hydrogen-bond donors (Lipinski definition) is 0. The molecule has 0 aliphatic carbocycles. The minimum atomic E-state index is -0.389. The molecule has 1 amide bonds. The van der Waals surface area contributed by atoms with E-state index in [4.69, 9.17) is 14.0 Å². The molecule has 0 N–H and O–H groups in total. The van der Waals surface area contributed by atoms with E-state index in [-0.39, 0.29) is 24.4 Å². The lowest BCUT2D eigenvalue weighted by atomic mass is 9.82. The summed E-state index contributed by atoms with van der Waals surface area (Å²) in [5, 5.41) is 4.52. The summed E-state index contributed by atoms with van der Waals surface area (Å²) in [4.78, 5) is 14.2. The first-order valence-electron chi connectivity index (χ1n) is 11.1. The monoisotopic (exact) mass is 425 g/mol. The van der Waals surface area contributed by atoms with E-state index in [1.165, 1.54) is 0 Å². The normalized spacial score (nSPS) is 20.8. The number of rotatable bonds is 5. The van der Waals surface area contributed by atoms with Gasteiger partial charge in [0.05, 0.1) is 11.2 Å². The fourth-order valence-electron chi connectivity index (χ4n) is 3.95. The second kappa shape index (κ2) is 8.67. The molecule has 2 aromatic rings. The summed E-state index contributed by atoms with van der Waals surface area (Å²) < 4.78 is 19.7. The topological polar surface area (TPSA) is 65.8 Å². The Kier molecular flexibility index (Phi) is 6.12. The first-order valence-corrected chi connectivity index (χ1v) is 11.1. The summed E-state index contributed by atoms with van der Waals surface area (Å²) in [6.45, 7) is 10.8. The van der Waals surface area contributed by atoms with Crippen molar-refractivity contribution in [2.75, 3.05) is 13.1 Å². The van der Waals surface area contributed by atoms with E-state index in [9.17, 15) is 4.79 Å². The predicted octanol–water partition coefficient (Wildman–Crippen LogP) is 3.23. The SMILES string of the molecule is CC1(C)OB(c2cnn(CC3CCN(C(=O)OCc4ccccc4)CC3)c2)OC1(C)C.